The van der Waals surface area contributed by atoms with Crippen molar-refractivity contribution in [1.82, 2.24) is 0 Å². The number of benzene rings is 1. The van der Waals surface area contributed by atoms with Crippen LogP contribution in [0.3, 0.4) is 0 Å². The molecule has 0 aromatic heterocycles. The van der Waals surface area contributed by atoms with E-state index in [0.717, 1.165) is 24.5 Å². The van der Waals surface area contributed by atoms with Crippen molar-refractivity contribution in [1.29, 1.82) is 0 Å². The zero-order chi connectivity index (χ0) is 46.7. The van der Waals surface area contributed by atoms with E-state index in [0.29, 0.717) is 0 Å². The van der Waals surface area contributed by atoms with Gasteiger partial charge in [0.2, 0.25) is 0 Å². The van der Waals surface area contributed by atoms with Crippen LogP contribution in [0.2, 0.25) is 8.87 Å². The van der Waals surface area contributed by atoms with E-state index >= 15 is 0 Å². The van der Waals surface area contributed by atoms with Gasteiger partial charge in [-0.1, -0.05) is 24.3 Å². The van der Waals surface area contributed by atoms with Crippen LogP contribution >= 0.6 is 25.4 Å². The molecule has 0 atom stereocenters. The van der Waals surface area contributed by atoms with E-state index in [4.69, 9.17) is 0 Å². The Morgan fingerprint density at radius 3 is 0.915 bits per heavy atom. The average Bonchev–Trinajstić information content (AvgIpc) is 3.08. The van der Waals surface area contributed by atoms with Crippen molar-refractivity contribution in [2.24, 2.45) is 0 Å². The summed E-state index contributed by atoms with van der Waals surface area (Å²) in [6.07, 6.45) is -13.3. The molecule has 342 valence electrons. The van der Waals surface area contributed by atoms with Gasteiger partial charge in [0.1, 0.15) is 0 Å². The van der Waals surface area contributed by atoms with Gasteiger partial charge in [-0.2, -0.15) is 0 Å². The van der Waals surface area contributed by atoms with Crippen LogP contribution in [0, 0.1) is 0 Å². The molecular weight excluding hydrogens is 1140 g/mol. The maximum atomic E-state index is 13.9. The van der Waals surface area contributed by atoms with Gasteiger partial charge < -0.3 is 10.6 Å². The Bertz CT molecular complexity index is 1600. The third-order valence-electron chi connectivity index (χ3n) is 8.12. The molecule has 1 aromatic carbocycles. The predicted octanol–water partition coefficient (Wildman–Crippen LogP) is 15.2. The molecule has 2 aliphatic rings. The second-order valence-corrected chi connectivity index (χ2v) is 47.5. The van der Waals surface area contributed by atoms with Crippen LogP contribution in [0.4, 0.5) is 126 Å². The van der Waals surface area contributed by atoms with Crippen LogP contribution < -0.4 is 0 Å². The van der Waals surface area contributed by atoms with Crippen molar-refractivity contribution in [3.05, 3.63) is 46.0 Å². The van der Waals surface area contributed by atoms with E-state index in [1.54, 1.807) is 0 Å². The van der Waals surface area contributed by atoms with Crippen LogP contribution in [0.5, 0.6) is 0 Å². The Morgan fingerprint density at radius 2 is 0.661 bits per heavy atom. The van der Waals surface area contributed by atoms with E-state index in [1.807, 2.05) is 0 Å². The molecule has 0 N–H and O–H groups in total. The number of halogens is 28. The number of hydrogen-bond donors (Lipinski definition) is 0. The van der Waals surface area contributed by atoms with Crippen molar-refractivity contribution in [2.75, 3.05) is 13.1 Å². The fourth-order valence-electron chi connectivity index (χ4n) is 4.58. The number of fused-ring (bicyclic) bond motifs is 3. The monoisotopic (exact) mass is 1150 g/mol. The maximum absolute atomic E-state index is 13.9. The normalized spacial score (nSPS) is 16.7. The second-order valence-electron chi connectivity index (χ2n) is 12.3. The van der Waals surface area contributed by atoms with Crippen molar-refractivity contribution < 1.29 is 114 Å². The fourth-order valence-corrected chi connectivity index (χ4v) is 14.5. The summed E-state index contributed by atoms with van der Waals surface area (Å²) in [6.45, 7) is 1.56. The van der Waals surface area contributed by atoms with E-state index in [-0.39, 0.29) is 0 Å². The topological polar surface area (TPSA) is 28.2 Å². The quantitative estimate of drug-likeness (QED) is 0.131. The van der Waals surface area contributed by atoms with E-state index in [2.05, 4.69) is 72.5 Å². The van der Waals surface area contributed by atoms with Crippen molar-refractivity contribution in [3.63, 3.8) is 0 Å². The van der Waals surface area contributed by atoms with E-state index in [1.165, 1.54) is 11.1 Å². The first-order chi connectivity index (χ1) is 25.9. The van der Waals surface area contributed by atoms with Gasteiger partial charge in [0, 0.05) is 0 Å². The van der Waals surface area contributed by atoms with Gasteiger partial charge in [-0.15, -0.1) is 36.6 Å². The molecule has 1 aromatic rings. The summed E-state index contributed by atoms with van der Waals surface area (Å²) in [6, 6.07) is 4.22. The summed E-state index contributed by atoms with van der Waals surface area (Å²) in [5, 5.41) is 8.98. The SMILES string of the molecule is C1=Cc2ccc3c(c2[N-]C1)[N-]CC=C3.FC(F)(F)C(F)(F)C(F)(F)C(F)(F)C(F)(F)C(F)(F)C[CH2][Sn]([Br])([Br])[CH2]CC(F)(F)C(F)(F)C(F)(F)C(F)(F)C(F)(F)C(F)(F)F. The standard InChI is InChI=1S/C12H10N2.2C8H4F13.2BrH.Sn/c1-3-9-5-6-10-4-2-8-14-12(10)11(9)13-7-1;2*1-2-3(9,10)4(11,12)5(13,14)6(15,16)7(17,18)8(19,20)21;;;/h1-6H,7-8H2;2*1-2H2;2*1H;/q-2;;;;;+2/p-2. The molecule has 2 aliphatic heterocycles. The zero-order valence-corrected chi connectivity index (χ0v) is 33.7. The third kappa shape index (κ3) is 9.32. The molecule has 3 rings (SSSR count). The van der Waals surface area contributed by atoms with Crippen LogP contribution in [0.1, 0.15) is 24.0 Å². The third-order valence-corrected chi connectivity index (χ3v) is 24.4. The van der Waals surface area contributed by atoms with E-state index in [9.17, 15) is 114 Å². The summed E-state index contributed by atoms with van der Waals surface area (Å²) in [4.78, 5) is 0. The summed E-state index contributed by atoms with van der Waals surface area (Å²) in [5.74, 6) is -78.7. The molecule has 31 heteroatoms. The molecular formula is C28H18Br2F26N2Sn-2. The average molecular weight is 1150 g/mol. The number of hydrogen-bond acceptors (Lipinski definition) is 0. The Kier molecular flexibility index (Phi) is 14.9. The van der Waals surface area contributed by atoms with Crippen molar-refractivity contribution >= 4 is 62.9 Å². The van der Waals surface area contributed by atoms with Crippen molar-refractivity contribution in [2.45, 2.75) is 93.3 Å². The van der Waals surface area contributed by atoms with Crippen LogP contribution in [-0.2, 0) is 0 Å². The number of nitrogens with zero attached hydrogens (tertiary/aromatic N) is 2. The first-order valence-corrected chi connectivity index (χ1v) is 31.8. The van der Waals surface area contributed by atoms with Gasteiger partial charge in [0.25, 0.3) is 0 Å². The van der Waals surface area contributed by atoms with Gasteiger partial charge in [0.15, 0.2) is 0 Å². The Hall–Kier alpha value is -1.76. The van der Waals surface area contributed by atoms with Gasteiger partial charge in [0.05, 0.1) is 0 Å². The zero-order valence-electron chi connectivity index (χ0n) is 27.7. The molecule has 0 amide bonds. The minimum atomic E-state index is -8.32. The minimum absolute atomic E-state index is 0.780. The summed E-state index contributed by atoms with van der Waals surface area (Å²) < 4.78 is 337. The Morgan fingerprint density at radius 1 is 0.407 bits per heavy atom. The Labute approximate surface area is 328 Å². The number of rotatable bonds is 14. The van der Waals surface area contributed by atoms with Crippen molar-refractivity contribution in [3.8, 4) is 0 Å². The molecule has 59 heavy (non-hydrogen) atoms. The Balaban J connectivity index is 0.000000700. The fraction of sp³-hybridized carbons (Fsp3) is 0.643. The molecule has 2 heterocycles. The van der Waals surface area contributed by atoms with Gasteiger partial charge in [-0.05, 0) is 11.1 Å². The van der Waals surface area contributed by atoms with Crippen LogP contribution in [0.15, 0.2) is 24.3 Å². The molecule has 0 saturated carbocycles. The first-order valence-electron chi connectivity index (χ1n) is 15.0. The number of alkyl halides is 26. The molecule has 0 saturated heterocycles. The summed E-state index contributed by atoms with van der Waals surface area (Å²) in [7, 11) is 0. The van der Waals surface area contributed by atoms with Gasteiger partial charge in [-0.25, -0.2) is 0 Å². The predicted molar refractivity (Wildman–Crippen MR) is 164 cm³/mol. The van der Waals surface area contributed by atoms with E-state index < -0.39 is 107 Å². The second kappa shape index (κ2) is 16.4. The summed E-state index contributed by atoms with van der Waals surface area (Å²) in [5.41, 5.74) is 4.51. The molecule has 0 spiro atoms. The molecule has 0 fully saturated rings. The first kappa shape index (κ1) is 53.4. The molecule has 0 bridgehead atoms. The van der Waals surface area contributed by atoms with Gasteiger partial charge >= 0.3 is 247 Å². The summed E-state index contributed by atoms with van der Waals surface area (Å²) >= 11 is -1.67. The van der Waals surface area contributed by atoms with Crippen LogP contribution in [-0.4, -0.2) is 98.6 Å². The molecule has 0 aliphatic carbocycles. The molecule has 0 unspecified atom stereocenters. The van der Waals surface area contributed by atoms with Gasteiger partial charge in [-0.3, -0.25) is 0 Å². The molecule has 2 nitrogen and oxygen atoms in total. The van der Waals surface area contributed by atoms with Crippen LogP contribution in [0.25, 0.3) is 22.8 Å². The molecule has 0 radical (unpaired) electrons.